The molecule has 0 bridgehead atoms. The van der Waals surface area contributed by atoms with Crippen molar-refractivity contribution in [3.8, 4) is 0 Å². The maximum absolute atomic E-state index is 3.54. The minimum absolute atomic E-state index is 0.502. The quantitative estimate of drug-likeness (QED) is 0.785. The highest BCUT2D eigenvalue weighted by Crippen LogP contribution is 2.24. The van der Waals surface area contributed by atoms with Gasteiger partial charge >= 0.3 is 0 Å². The lowest BCUT2D eigenvalue weighted by Gasteiger charge is -2.19. The summed E-state index contributed by atoms with van der Waals surface area (Å²) in [5, 5.41) is 3.52. The molecule has 1 aliphatic rings. The van der Waals surface area contributed by atoms with Crippen LogP contribution in [0.25, 0.3) is 0 Å². The summed E-state index contributed by atoms with van der Waals surface area (Å²) in [7, 11) is 0. The number of rotatable bonds is 2. The summed E-state index contributed by atoms with van der Waals surface area (Å²) < 4.78 is 1.14. The van der Waals surface area contributed by atoms with Gasteiger partial charge in [0.05, 0.1) is 0 Å². The molecule has 1 unspecified atom stereocenters. The number of anilines is 1. The summed E-state index contributed by atoms with van der Waals surface area (Å²) in [4.78, 5) is 0. The highest BCUT2D eigenvalue weighted by Gasteiger charge is 2.08. The van der Waals surface area contributed by atoms with Crippen molar-refractivity contribution in [2.24, 2.45) is 0 Å². The van der Waals surface area contributed by atoms with E-state index >= 15 is 0 Å². The number of nitrogens with one attached hydrogen (secondary N) is 1. The number of para-hydroxylation sites is 1. The van der Waals surface area contributed by atoms with Crippen LogP contribution in [0.4, 0.5) is 5.69 Å². The molecule has 0 aliphatic heterocycles. The molecular formula is C12H14BrN. The van der Waals surface area contributed by atoms with Crippen LogP contribution < -0.4 is 5.32 Å². The SMILES string of the molecule is Brc1ccccc1NC1C=CCCC1. The van der Waals surface area contributed by atoms with Gasteiger partial charge in [0.2, 0.25) is 0 Å². The predicted octanol–water partition coefficient (Wildman–Crippen LogP) is 3.97. The van der Waals surface area contributed by atoms with E-state index in [0.29, 0.717) is 6.04 Å². The van der Waals surface area contributed by atoms with Gasteiger partial charge in [-0.15, -0.1) is 0 Å². The molecule has 14 heavy (non-hydrogen) atoms. The molecule has 1 aromatic rings. The van der Waals surface area contributed by atoms with Crippen molar-refractivity contribution in [2.75, 3.05) is 5.32 Å². The zero-order valence-electron chi connectivity index (χ0n) is 8.04. The Hall–Kier alpha value is -0.760. The van der Waals surface area contributed by atoms with Crippen molar-refractivity contribution in [3.63, 3.8) is 0 Å². The van der Waals surface area contributed by atoms with E-state index in [-0.39, 0.29) is 0 Å². The molecule has 1 N–H and O–H groups in total. The van der Waals surface area contributed by atoms with Gasteiger partial charge in [0, 0.05) is 16.2 Å². The van der Waals surface area contributed by atoms with Crippen LogP contribution in [0, 0.1) is 0 Å². The van der Waals surface area contributed by atoms with Crippen molar-refractivity contribution in [1.82, 2.24) is 0 Å². The van der Waals surface area contributed by atoms with E-state index < -0.39 is 0 Å². The molecule has 0 radical (unpaired) electrons. The van der Waals surface area contributed by atoms with E-state index in [0.717, 1.165) is 4.47 Å². The van der Waals surface area contributed by atoms with Gasteiger partial charge in [0.15, 0.2) is 0 Å². The highest BCUT2D eigenvalue weighted by atomic mass is 79.9. The Balaban J connectivity index is 2.06. The summed E-state index contributed by atoms with van der Waals surface area (Å²) in [5.41, 5.74) is 1.18. The zero-order valence-corrected chi connectivity index (χ0v) is 9.63. The second-order valence-corrected chi connectivity index (χ2v) is 4.44. The van der Waals surface area contributed by atoms with Crippen molar-refractivity contribution < 1.29 is 0 Å². The minimum Gasteiger partial charge on any atom is -0.378 e. The Labute approximate surface area is 93.3 Å². The van der Waals surface area contributed by atoms with Crippen LogP contribution in [-0.4, -0.2) is 6.04 Å². The molecule has 0 aromatic heterocycles. The van der Waals surface area contributed by atoms with E-state index in [9.17, 15) is 0 Å². The number of benzene rings is 1. The van der Waals surface area contributed by atoms with Crippen molar-refractivity contribution in [2.45, 2.75) is 25.3 Å². The monoisotopic (exact) mass is 251 g/mol. The number of hydrogen-bond acceptors (Lipinski definition) is 1. The van der Waals surface area contributed by atoms with Gasteiger partial charge in [0.25, 0.3) is 0 Å². The average Bonchev–Trinajstić information content (AvgIpc) is 2.23. The molecule has 1 atom stereocenters. The van der Waals surface area contributed by atoms with Crippen molar-refractivity contribution in [1.29, 1.82) is 0 Å². The van der Waals surface area contributed by atoms with Gasteiger partial charge in [0.1, 0.15) is 0 Å². The molecule has 1 aromatic carbocycles. The standard InChI is InChI=1S/C12H14BrN/c13-11-8-4-5-9-12(11)14-10-6-2-1-3-7-10/h2,4-6,8-10,14H,1,3,7H2. The Morgan fingerprint density at radius 3 is 2.86 bits per heavy atom. The second kappa shape index (κ2) is 4.65. The summed E-state index contributed by atoms with van der Waals surface area (Å²) in [6, 6.07) is 8.76. The highest BCUT2D eigenvalue weighted by molar-refractivity contribution is 9.10. The van der Waals surface area contributed by atoms with E-state index in [4.69, 9.17) is 0 Å². The van der Waals surface area contributed by atoms with Crippen LogP contribution in [0.2, 0.25) is 0 Å². The first kappa shape index (κ1) is 9.78. The molecule has 0 saturated heterocycles. The van der Waals surface area contributed by atoms with E-state index in [1.807, 2.05) is 6.07 Å². The summed E-state index contributed by atoms with van der Waals surface area (Å²) in [6.45, 7) is 0. The van der Waals surface area contributed by atoms with Crippen LogP contribution in [0.3, 0.4) is 0 Å². The van der Waals surface area contributed by atoms with Gasteiger partial charge < -0.3 is 5.32 Å². The molecule has 1 aliphatic carbocycles. The third kappa shape index (κ3) is 2.38. The lowest BCUT2D eigenvalue weighted by molar-refractivity contribution is 0.673. The summed E-state index contributed by atoms with van der Waals surface area (Å²) >= 11 is 3.54. The molecule has 2 heteroatoms. The number of hydrogen-bond donors (Lipinski definition) is 1. The van der Waals surface area contributed by atoms with Crippen LogP contribution in [0.5, 0.6) is 0 Å². The maximum atomic E-state index is 3.54. The van der Waals surface area contributed by atoms with Gasteiger partial charge in [-0.1, -0.05) is 24.3 Å². The van der Waals surface area contributed by atoms with E-state index in [1.165, 1.54) is 24.9 Å². The Bertz CT molecular complexity index is 333. The summed E-state index contributed by atoms with van der Waals surface area (Å²) in [5.74, 6) is 0. The average molecular weight is 252 g/mol. The lowest BCUT2D eigenvalue weighted by atomic mass is 10.0. The van der Waals surface area contributed by atoms with Gasteiger partial charge in [-0.2, -0.15) is 0 Å². The van der Waals surface area contributed by atoms with Crippen LogP contribution >= 0.6 is 15.9 Å². The third-order valence-corrected chi connectivity index (χ3v) is 3.16. The molecule has 1 nitrogen and oxygen atoms in total. The van der Waals surface area contributed by atoms with E-state index in [1.54, 1.807) is 0 Å². The van der Waals surface area contributed by atoms with Crippen molar-refractivity contribution >= 4 is 21.6 Å². The Kier molecular flexibility index (Phi) is 3.25. The Morgan fingerprint density at radius 2 is 2.14 bits per heavy atom. The smallest absolute Gasteiger partial charge is 0.0489 e. The molecule has 0 spiro atoms. The van der Waals surface area contributed by atoms with Gasteiger partial charge in [-0.25, -0.2) is 0 Å². The van der Waals surface area contributed by atoms with Crippen LogP contribution in [0.15, 0.2) is 40.9 Å². The molecule has 0 fully saturated rings. The third-order valence-electron chi connectivity index (χ3n) is 2.47. The fourth-order valence-electron chi connectivity index (χ4n) is 1.71. The van der Waals surface area contributed by atoms with Crippen LogP contribution in [0.1, 0.15) is 19.3 Å². The van der Waals surface area contributed by atoms with Gasteiger partial charge in [-0.3, -0.25) is 0 Å². The predicted molar refractivity (Wildman–Crippen MR) is 64.5 cm³/mol. The molecule has 0 heterocycles. The molecule has 2 rings (SSSR count). The summed E-state index contributed by atoms with van der Waals surface area (Å²) in [6.07, 6.45) is 8.28. The molecule has 74 valence electrons. The zero-order chi connectivity index (χ0) is 9.80. The lowest BCUT2D eigenvalue weighted by Crippen LogP contribution is -2.18. The Morgan fingerprint density at radius 1 is 1.29 bits per heavy atom. The fourth-order valence-corrected chi connectivity index (χ4v) is 2.11. The number of allylic oxidation sites excluding steroid dienone is 1. The first-order valence-corrected chi connectivity index (χ1v) is 5.83. The number of halogens is 1. The van der Waals surface area contributed by atoms with Gasteiger partial charge in [-0.05, 0) is 47.3 Å². The second-order valence-electron chi connectivity index (χ2n) is 3.59. The molecule has 0 amide bonds. The minimum atomic E-state index is 0.502. The topological polar surface area (TPSA) is 12.0 Å². The maximum Gasteiger partial charge on any atom is 0.0489 e. The van der Waals surface area contributed by atoms with Crippen molar-refractivity contribution in [3.05, 3.63) is 40.9 Å². The largest absolute Gasteiger partial charge is 0.378 e. The molecule has 0 saturated carbocycles. The fraction of sp³-hybridized carbons (Fsp3) is 0.333. The van der Waals surface area contributed by atoms with Crippen LogP contribution in [-0.2, 0) is 0 Å². The first-order chi connectivity index (χ1) is 6.86. The van der Waals surface area contributed by atoms with E-state index in [2.05, 4.69) is 51.6 Å². The molecular weight excluding hydrogens is 238 g/mol. The normalized spacial score (nSPS) is 20.8. The first-order valence-electron chi connectivity index (χ1n) is 5.04.